The predicted octanol–water partition coefficient (Wildman–Crippen LogP) is 1.05. The summed E-state index contributed by atoms with van der Waals surface area (Å²) in [6.45, 7) is 5.82. The van der Waals surface area contributed by atoms with Crippen LogP contribution in [0.5, 0.6) is 5.75 Å². The van der Waals surface area contributed by atoms with Crippen LogP contribution in [0.3, 0.4) is 0 Å². The van der Waals surface area contributed by atoms with Gasteiger partial charge in [-0.15, -0.1) is 0 Å². The highest BCUT2D eigenvalue weighted by Gasteiger charge is 2.24. The van der Waals surface area contributed by atoms with Crippen LogP contribution >= 0.6 is 0 Å². The molecule has 1 fully saturated rings. The first-order valence-electron chi connectivity index (χ1n) is 7.93. The van der Waals surface area contributed by atoms with E-state index in [9.17, 15) is 8.42 Å². The topological polar surface area (TPSA) is 59.1 Å². The third kappa shape index (κ3) is 5.76. The Morgan fingerprint density at radius 3 is 2.57 bits per heavy atom. The fourth-order valence-electron chi connectivity index (χ4n) is 2.56. The van der Waals surface area contributed by atoms with E-state index in [0.717, 1.165) is 13.1 Å². The van der Waals surface area contributed by atoms with E-state index in [0.29, 0.717) is 25.5 Å². The van der Waals surface area contributed by atoms with E-state index in [1.807, 2.05) is 30.3 Å². The number of nitrogens with zero attached hydrogens (tertiary/aromatic N) is 2. The van der Waals surface area contributed by atoms with Crippen molar-refractivity contribution < 1.29 is 17.9 Å². The van der Waals surface area contributed by atoms with Crippen LogP contribution in [0.1, 0.15) is 6.92 Å². The van der Waals surface area contributed by atoms with Gasteiger partial charge in [-0.25, -0.2) is 12.7 Å². The van der Waals surface area contributed by atoms with E-state index in [-0.39, 0.29) is 18.4 Å². The lowest BCUT2D eigenvalue weighted by atomic mass is 10.2. The normalized spacial score (nSPS) is 18.0. The second kappa shape index (κ2) is 8.63. The summed E-state index contributed by atoms with van der Waals surface area (Å²) in [4.78, 5) is 2.26. The van der Waals surface area contributed by atoms with Gasteiger partial charge in [0.2, 0.25) is 10.0 Å². The molecule has 0 N–H and O–H groups in total. The summed E-state index contributed by atoms with van der Waals surface area (Å²) in [6, 6.07) is 9.42. The first-order valence-corrected chi connectivity index (χ1v) is 9.53. The first kappa shape index (κ1) is 18.2. The number of hydrogen-bond donors (Lipinski definition) is 0. The molecule has 1 aromatic carbocycles. The van der Waals surface area contributed by atoms with E-state index in [4.69, 9.17) is 9.47 Å². The summed E-state index contributed by atoms with van der Waals surface area (Å²) in [5, 5.41) is 0. The standard InChI is InChI=1S/C16H26N2O4S/c1-15(18-8-10-21-11-9-18)14-17(2)23(19,20)13-12-22-16-6-4-3-5-7-16/h3-7,15H,8-14H2,1-2H3. The van der Waals surface area contributed by atoms with E-state index in [1.165, 1.54) is 4.31 Å². The maximum Gasteiger partial charge on any atom is 0.217 e. The van der Waals surface area contributed by atoms with Gasteiger partial charge in [0.1, 0.15) is 12.4 Å². The average Bonchev–Trinajstić information content (AvgIpc) is 2.56. The maximum absolute atomic E-state index is 12.3. The molecule has 1 saturated heterocycles. The van der Waals surface area contributed by atoms with Crippen molar-refractivity contribution in [2.45, 2.75) is 13.0 Å². The fourth-order valence-corrected chi connectivity index (χ4v) is 3.61. The largest absolute Gasteiger partial charge is 0.492 e. The molecule has 1 aliphatic rings. The van der Waals surface area contributed by atoms with Crippen LogP contribution in [0.2, 0.25) is 0 Å². The van der Waals surface area contributed by atoms with Crippen molar-refractivity contribution in [2.75, 3.05) is 52.3 Å². The molecule has 6 nitrogen and oxygen atoms in total. The number of hydrogen-bond acceptors (Lipinski definition) is 5. The van der Waals surface area contributed by atoms with Gasteiger partial charge in [0, 0.05) is 32.7 Å². The van der Waals surface area contributed by atoms with Crippen LogP contribution in [0.4, 0.5) is 0 Å². The van der Waals surface area contributed by atoms with Gasteiger partial charge in [0.25, 0.3) is 0 Å². The smallest absolute Gasteiger partial charge is 0.217 e. The summed E-state index contributed by atoms with van der Waals surface area (Å²) in [6.07, 6.45) is 0. The molecule has 0 aromatic heterocycles. The van der Waals surface area contributed by atoms with Crippen LogP contribution in [-0.4, -0.2) is 75.9 Å². The highest BCUT2D eigenvalue weighted by atomic mass is 32.2. The molecule has 23 heavy (non-hydrogen) atoms. The van der Waals surface area contributed by atoms with Gasteiger partial charge < -0.3 is 9.47 Å². The van der Waals surface area contributed by atoms with E-state index in [2.05, 4.69) is 11.8 Å². The Balaban J connectivity index is 1.78. The van der Waals surface area contributed by atoms with Crippen molar-refractivity contribution in [3.63, 3.8) is 0 Å². The van der Waals surface area contributed by atoms with Crippen LogP contribution < -0.4 is 4.74 Å². The van der Waals surface area contributed by atoms with E-state index < -0.39 is 10.0 Å². The summed E-state index contributed by atoms with van der Waals surface area (Å²) >= 11 is 0. The number of para-hydroxylation sites is 1. The zero-order chi connectivity index (χ0) is 16.7. The first-order chi connectivity index (χ1) is 11.0. The van der Waals surface area contributed by atoms with Gasteiger partial charge in [0.05, 0.1) is 19.0 Å². The highest BCUT2D eigenvalue weighted by Crippen LogP contribution is 2.10. The lowest BCUT2D eigenvalue weighted by Crippen LogP contribution is -2.48. The van der Waals surface area contributed by atoms with Crippen molar-refractivity contribution in [2.24, 2.45) is 0 Å². The zero-order valence-electron chi connectivity index (χ0n) is 13.8. The van der Waals surface area contributed by atoms with Crippen molar-refractivity contribution in [3.05, 3.63) is 30.3 Å². The second-order valence-corrected chi connectivity index (χ2v) is 7.95. The second-order valence-electron chi connectivity index (χ2n) is 5.76. The zero-order valence-corrected chi connectivity index (χ0v) is 14.7. The number of morpholine rings is 1. The molecule has 0 aliphatic carbocycles. The molecule has 0 amide bonds. The van der Waals surface area contributed by atoms with Crippen molar-refractivity contribution in [1.82, 2.24) is 9.21 Å². The maximum atomic E-state index is 12.3. The number of rotatable bonds is 8. The van der Waals surface area contributed by atoms with Crippen LogP contribution in [0.15, 0.2) is 30.3 Å². The molecule has 2 rings (SSSR count). The molecule has 0 radical (unpaired) electrons. The Morgan fingerprint density at radius 2 is 1.91 bits per heavy atom. The summed E-state index contributed by atoms with van der Waals surface area (Å²) in [5.74, 6) is 0.667. The Labute approximate surface area is 139 Å². The van der Waals surface area contributed by atoms with Gasteiger partial charge in [-0.1, -0.05) is 18.2 Å². The molecule has 0 spiro atoms. The van der Waals surface area contributed by atoms with Crippen LogP contribution in [0.25, 0.3) is 0 Å². The van der Waals surface area contributed by atoms with Crippen molar-refractivity contribution >= 4 is 10.0 Å². The lowest BCUT2D eigenvalue weighted by molar-refractivity contribution is 0.0177. The number of benzene rings is 1. The monoisotopic (exact) mass is 342 g/mol. The number of likely N-dealkylation sites (N-methyl/N-ethyl adjacent to an activating group) is 1. The molecule has 7 heteroatoms. The van der Waals surface area contributed by atoms with E-state index in [1.54, 1.807) is 7.05 Å². The van der Waals surface area contributed by atoms with Crippen LogP contribution in [0, 0.1) is 0 Å². The highest BCUT2D eigenvalue weighted by molar-refractivity contribution is 7.89. The minimum atomic E-state index is -3.31. The van der Waals surface area contributed by atoms with E-state index >= 15 is 0 Å². The average molecular weight is 342 g/mol. The Kier molecular flexibility index (Phi) is 6.83. The summed E-state index contributed by atoms with van der Waals surface area (Å²) < 4.78 is 36.9. The van der Waals surface area contributed by atoms with Gasteiger partial charge >= 0.3 is 0 Å². The van der Waals surface area contributed by atoms with Gasteiger partial charge in [-0.3, -0.25) is 4.90 Å². The quantitative estimate of drug-likeness (QED) is 0.707. The number of ether oxygens (including phenoxy) is 2. The molecular weight excluding hydrogens is 316 g/mol. The lowest BCUT2D eigenvalue weighted by Gasteiger charge is -2.34. The number of sulfonamides is 1. The minimum absolute atomic E-state index is 0.0196. The summed E-state index contributed by atoms with van der Waals surface area (Å²) in [5.41, 5.74) is 0. The Hall–Kier alpha value is -1.15. The van der Waals surface area contributed by atoms with Gasteiger partial charge in [-0.2, -0.15) is 0 Å². The van der Waals surface area contributed by atoms with Crippen molar-refractivity contribution in [3.8, 4) is 5.75 Å². The third-order valence-corrected chi connectivity index (χ3v) is 5.80. The third-order valence-electron chi connectivity index (χ3n) is 4.02. The molecule has 1 atom stereocenters. The van der Waals surface area contributed by atoms with Gasteiger partial charge in [-0.05, 0) is 19.1 Å². The Bertz CT molecular complexity index is 559. The molecule has 0 bridgehead atoms. The molecule has 0 saturated carbocycles. The Morgan fingerprint density at radius 1 is 1.26 bits per heavy atom. The molecule has 1 aliphatic heterocycles. The van der Waals surface area contributed by atoms with Gasteiger partial charge in [0.15, 0.2) is 0 Å². The predicted molar refractivity (Wildman–Crippen MR) is 90.2 cm³/mol. The molecule has 1 aromatic rings. The van der Waals surface area contributed by atoms with Crippen LogP contribution in [-0.2, 0) is 14.8 Å². The van der Waals surface area contributed by atoms with Crippen molar-refractivity contribution in [1.29, 1.82) is 0 Å². The molecule has 130 valence electrons. The molecule has 1 heterocycles. The molecular formula is C16H26N2O4S. The summed E-state index contributed by atoms with van der Waals surface area (Å²) in [7, 11) is -1.68. The SMILES string of the molecule is CC(CN(C)S(=O)(=O)CCOc1ccccc1)N1CCOCC1. The minimum Gasteiger partial charge on any atom is -0.492 e. The fraction of sp³-hybridized carbons (Fsp3) is 0.625. The molecule has 1 unspecified atom stereocenters.